The van der Waals surface area contributed by atoms with Gasteiger partial charge >= 0.3 is 12.1 Å². The van der Waals surface area contributed by atoms with E-state index in [0.717, 1.165) is 51.5 Å². The van der Waals surface area contributed by atoms with E-state index in [4.69, 9.17) is 14.6 Å². The summed E-state index contributed by atoms with van der Waals surface area (Å²) in [5.41, 5.74) is 0.126. The largest absolute Gasteiger partial charge is 0.490 e. The Kier molecular flexibility index (Phi) is 7.59. The second-order valence-electron chi connectivity index (χ2n) is 8.54. The molecule has 1 amide bonds. The van der Waals surface area contributed by atoms with Crippen LogP contribution in [0, 0.1) is 17.3 Å². The minimum atomic E-state index is -5.08. The summed E-state index contributed by atoms with van der Waals surface area (Å²) in [5, 5.41) is 10.4. The maximum Gasteiger partial charge on any atom is 0.490 e. The molecule has 3 heterocycles. The summed E-state index contributed by atoms with van der Waals surface area (Å²) in [6.45, 7) is 5.56. The Bertz CT molecular complexity index is 747. The Labute approximate surface area is 183 Å². The fourth-order valence-corrected chi connectivity index (χ4v) is 5.07. The lowest BCUT2D eigenvalue weighted by Crippen LogP contribution is -2.45. The highest BCUT2D eigenvalue weighted by Gasteiger charge is 2.53. The van der Waals surface area contributed by atoms with Crippen LogP contribution in [0.2, 0.25) is 0 Å². The van der Waals surface area contributed by atoms with Gasteiger partial charge in [0.25, 0.3) is 0 Å². The molecule has 4 rings (SSSR count). The van der Waals surface area contributed by atoms with Crippen molar-refractivity contribution in [1.82, 2.24) is 14.8 Å². The zero-order valence-electron chi connectivity index (χ0n) is 17.4. The molecule has 2 aliphatic heterocycles. The number of halogens is 3. The van der Waals surface area contributed by atoms with Crippen LogP contribution < -0.4 is 0 Å². The van der Waals surface area contributed by atoms with Crippen molar-refractivity contribution in [2.24, 2.45) is 17.3 Å². The van der Waals surface area contributed by atoms with Gasteiger partial charge in [0, 0.05) is 37.2 Å². The second kappa shape index (κ2) is 9.83. The van der Waals surface area contributed by atoms with Crippen LogP contribution in [-0.4, -0.2) is 77.8 Å². The third-order valence-corrected chi connectivity index (χ3v) is 7.06. The summed E-state index contributed by atoms with van der Waals surface area (Å²) < 4.78 is 37.2. The number of methoxy groups -OCH3 is 1. The van der Waals surface area contributed by atoms with Crippen LogP contribution >= 0.6 is 11.3 Å². The first-order valence-corrected chi connectivity index (χ1v) is 11.2. The van der Waals surface area contributed by atoms with Crippen molar-refractivity contribution in [2.75, 3.05) is 39.9 Å². The first-order valence-electron chi connectivity index (χ1n) is 10.3. The minimum Gasteiger partial charge on any atom is -0.475 e. The highest BCUT2D eigenvalue weighted by atomic mass is 32.1. The van der Waals surface area contributed by atoms with Crippen LogP contribution in [0.4, 0.5) is 13.2 Å². The second-order valence-corrected chi connectivity index (χ2v) is 9.52. The number of nitrogens with zero attached hydrogens (tertiary/aromatic N) is 3. The number of rotatable bonds is 6. The number of alkyl halides is 3. The molecule has 11 heteroatoms. The molecule has 1 aromatic rings. The van der Waals surface area contributed by atoms with Crippen LogP contribution in [0.5, 0.6) is 0 Å². The Morgan fingerprint density at radius 3 is 2.48 bits per heavy atom. The van der Waals surface area contributed by atoms with Gasteiger partial charge in [-0.15, -0.1) is 11.3 Å². The third kappa shape index (κ3) is 6.17. The fourth-order valence-electron chi connectivity index (χ4n) is 4.42. The van der Waals surface area contributed by atoms with Gasteiger partial charge in [0.15, 0.2) is 0 Å². The van der Waals surface area contributed by atoms with E-state index in [0.29, 0.717) is 12.5 Å². The van der Waals surface area contributed by atoms with Crippen LogP contribution in [0.3, 0.4) is 0 Å². The monoisotopic (exact) mass is 463 g/mol. The average Bonchev–Trinajstić information content (AvgIpc) is 3.31. The molecule has 1 atom stereocenters. The zero-order chi connectivity index (χ0) is 22.6. The van der Waals surface area contributed by atoms with Gasteiger partial charge in [-0.05, 0) is 44.7 Å². The molecule has 1 aromatic heterocycles. The molecule has 3 fully saturated rings. The summed E-state index contributed by atoms with van der Waals surface area (Å²) in [7, 11) is 1.72. The van der Waals surface area contributed by atoms with Crippen LogP contribution in [-0.2, 0) is 20.9 Å². The van der Waals surface area contributed by atoms with Crippen molar-refractivity contribution < 1.29 is 32.6 Å². The summed E-state index contributed by atoms with van der Waals surface area (Å²) >= 11 is 1.73. The summed E-state index contributed by atoms with van der Waals surface area (Å²) in [4.78, 5) is 30.8. The molecule has 3 aliphatic rings. The Hall–Kier alpha value is -1.72. The lowest BCUT2D eigenvalue weighted by molar-refractivity contribution is -0.192. The Morgan fingerprint density at radius 2 is 2.00 bits per heavy atom. The molecule has 1 N–H and O–H groups in total. The topological polar surface area (TPSA) is 83.0 Å². The highest BCUT2D eigenvalue weighted by molar-refractivity contribution is 7.09. The van der Waals surface area contributed by atoms with Crippen LogP contribution in [0.25, 0.3) is 0 Å². The van der Waals surface area contributed by atoms with Gasteiger partial charge in [-0.2, -0.15) is 13.2 Å². The maximum atomic E-state index is 12.9. The summed E-state index contributed by atoms with van der Waals surface area (Å²) in [5.74, 6) is -1.59. The predicted octanol–water partition coefficient (Wildman–Crippen LogP) is 2.87. The lowest BCUT2D eigenvalue weighted by atomic mass is 9.71. The van der Waals surface area contributed by atoms with Gasteiger partial charge in [-0.25, -0.2) is 9.78 Å². The van der Waals surface area contributed by atoms with E-state index in [1.165, 1.54) is 17.8 Å². The number of carboxylic acids is 1. The standard InChI is InChI=1S/C18H27N3O2S.C2HF3O2/c1-23-12-15-17(22)21(10-14-2-3-14)13-18(15)4-7-20(8-5-18)11-16-19-6-9-24-16;3-2(4,5)1(6)7/h6,9,14-15H,2-5,7-8,10-13H2,1H3;(H,6,7). The van der Waals surface area contributed by atoms with Crippen molar-refractivity contribution in [3.8, 4) is 0 Å². The molecule has 0 aromatic carbocycles. The van der Waals surface area contributed by atoms with Gasteiger partial charge in [-0.3, -0.25) is 9.69 Å². The predicted molar refractivity (Wildman–Crippen MR) is 107 cm³/mol. The van der Waals surface area contributed by atoms with Crippen molar-refractivity contribution in [3.63, 3.8) is 0 Å². The average molecular weight is 464 g/mol. The molecule has 1 saturated carbocycles. The van der Waals surface area contributed by atoms with E-state index in [2.05, 4.69) is 14.8 Å². The van der Waals surface area contributed by atoms with E-state index in [9.17, 15) is 18.0 Å². The summed E-state index contributed by atoms with van der Waals surface area (Å²) in [6, 6.07) is 0. The number of hydrogen-bond donors (Lipinski definition) is 1. The molecule has 2 saturated heterocycles. The Balaban J connectivity index is 0.000000339. The number of carboxylic acid groups (broad SMARTS) is 1. The molecular formula is C20H28F3N3O4S. The van der Waals surface area contributed by atoms with Gasteiger partial charge in [0.2, 0.25) is 5.91 Å². The van der Waals surface area contributed by atoms with E-state index in [-0.39, 0.29) is 11.3 Å². The normalized spacial score (nSPS) is 23.7. The number of likely N-dealkylation sites (tertiary alicyclic amines) is 2. The highest BCUT2D eigenvalue weighted by Crippen LogP contribution is 2.47. The number of carbonyl (C=O) groups excluding carboxylic acids is 1. The SMILES string of the molecule is COCC1C(=O)N(CC2CC2)CC12CCN(Cc1nccs1)CC2.O=C(O)C(F)(F)F. The van der Waals surface area contributed by atoms with Gasteiger partial charge < -0.3 is 14.7 Å². The zero-order valence-corrected chi connectivity index (χ0v) is 18.3. The quantitative estimate of drug-likeness (QED) is 0.699. The van der Waals surface area contributed by atoms with E-state index in [1.807, 2.05) is 11.6 Å². The smallest absolute Gasteiger partial charge is 0.475 e. The van der Waals surface area contributed by atoms with Crippen molar-refractivity contribution in [1.29, 1.82) is 0 Å². The molecule has 1 aliphatic carbocycles. The number of aromatic nitrogens is 1. The van der Waals surface area contributed by atoms with E-state index in [1.54, 1.807) is 18.4 Å². The number of ether oxygens (including phenoxy) is 1. The van der Waals surface area contributed by atoms with E-state index >= 15 is 0 Å². The number of carbonyl (C=O) groups is 2. The Morgan fingerprint density at radius 1 is 1.35 bits per heavy atom. The van der Waals surface area contributed by atoms with Crippen LogP contribution in [0.15, 0.2) is 11.6 Å². The van der Waals surface area contributed by atoms with E-state index < -0.39 is 12.1 Å². The molecule has 0 bridgehead atoms. The number of hydrogen-bond acceptors (Lipinski definition) is 6. The van der Waals surface area contributed by atoms with Crippen molar-refractivity contribution in [2.45, 2.75) is 38.4 Å². The number of aliphatic carboxylic acids is 1. The van der Waals surface area contributed by atoms with Gasteiger partial charge in [0.1, 0.15) is 5.01 Å². The van der Waals surface area contributed by atoms with Crippen molar-refractivity contribution >= 4 is 23.2 Å². The van der Waals surface area contributed by atoms with Crippen molar-refractivity contribution in [3.05, 3.63) is 16.6 Å². The first-order chi connectivity index (χ1) is 14.6. The van der Waals surface area contributed by atoms with Gasteiger partial charge in [-0.1, -0.05) is 0 Å². The van der Waals surface area contributed by atoms with Crippen LogP contribution in [0.1, 0.15) is 30.7 Å². The molecule has 7 nitrogen and oxygen atoms in total. The molecule has 1 unspecified atom stereocenters. The lowest BCUT2D eigenvalue weighted by Gasteiger charge is -2.41. The molecule has 174 valence electrons. The summed E-state index contributed by atoms with van der Waals surface area (Å²) in [6.07, 6.45) is 1.59. The number of thiazole rings is 1. The third-order valence-electron chi connectivity index (χ3n) is 6.30. The fraction of sp³-hybridized carbons (Fsp3) is 0.750. The number of amides is 1. The minimum absolute atomic E-state index is 0.0586. The molecular weight excluding hydrogens is 435 g/mol. The first kappa shape index (κ1) is 23.9. The molecule has 1 spiro atoms. The molecule has 31 heavy (non-hydrogen) atoms. The van der Waals surface area contributed by atoms with Gasteiger partial charge in [0.05, 0.1) is 19.1 Å². The molecule has 0 radical (unpaired) electrons. The maximum absolute atomic E-state index is 12.9. The number of piperidine rings is 1.